The molecule has 0 aliphatic carbocycles. The summed E-state index contributed by atoms with van der Waals surface area (Å²) in [5, 5.41) is 4.07. The van der Waals surface area contributed by atoms with Gasteiger partial charge in [0.15, 0.2) is 5.82 Å². The molecule has 0 aromatic carbocycles. The fourth-order valence-corrected chi connectivity index (χ4v) is 3.53. The molecule has 8 nitrogen and oxygen atoms in total. The van der Waals surface area contributed by atoms with Crippen molar-refractivity contribution >= 4 is 5.65 Å². The minimum absolute atomic E-state index is 0.0368. The van der Waals surface area contributed by atoms with Crippen LogP contribution in [0, 0.1) is 0 Å². The molecule has 3 aromatic rings. The summed E-state index contributed by atoms with van der Waals surface area (Å²) in [7, 11) is 0. The van der Waals surface area contributed by atoms with E-state index < -0.39 is 0 Å². The Labute approximate surface area is 163 Å². The van der Waals surface area contributed by atoms with Gasteiger partial charge in [-0.1, -0.05) is 25.1 Å². The van der Waals surface area contributed by atoms with Gasteiger partial charge in [-0.15, -0.1) is 0 Å². The van der Waals surface area contributed by atoms with Crippen molar-refractivity contribution in [3.05, 3.63) is 58.2 Å². The number of fused-ring (bicyclic) bond motifs is 1. The molecule has 0 radical (unpaired) electrons. The highest BCUT2D eigenvalue weighted by Crippen LogP contribution is 2.22. The average Bonchev–Trinajstić information content (AvgIpc) is 3.19. The molecule has 0 saturated carbocycles. The molecule has 28 heavy (non-hydrogen) atoms. The molecule has 0 unspecified atom stereocenters. The van der Waals surface area contributed by atoms with E-state index in [1.807, 2.05) is 18.2 Å². The maximum atomic E-state index is 12.3. The Morgan fingerprint density at radius 2 is 1.89 bits per heavy atom. The molecule has 1 saturated heterocycles. The quantitative estimate of drug-likeness (QED) is 0.668. The van der Waals surface area contributed by atoms with Gasteiger partial charge in [-0.2, -0.15) is 4.98 Å². The summed E-state index contributed by atoms with van der Waals surface area (Å²) in [6.45, 7) is 10.5. The van der Waals surface area contributed by atoms with Crippen LogP contribution in [0.5, 0.6) is 0 Å². The largest absolute Gasteiger partial charge is 0.338 e. The molecule has 0 spiro atoms. The first-order valence-corrected chi connectivity index (χ1v) is 9.78. The predicted octanol–water partition coefficient (Wildman–Crippen LogP) is 2.08. The van der Waals surface area contributed by atoms with E-state index in [2.05, 4.69) is 45.7 Å². The highest BCUT2D eigenvalue weighted by Gasteiger charge is 2.26. The Morgan fingerprint density at radius 3 is 2.61 bits per heavy atom. The van der Waals surface area contributed by atoms with Gasteiger partial charge < -0.3 is 4.52 Å². The first kappa shape index (κ1) is 18.8. The van der Waals surface area contributed by atoms with E-state index in [4.69, 9.17) is 4.52 Å². The maximum Gasteiger partial charge on any atom is 0.258 e. The van der Waals surface area contributed by atoms with Gasteiger partial charge in [-0.05, 0) is 19.1 Å². The smallest absolute Gasteiger partial charge is 0.258 e. The van der Waals surface area contributed by atoms with Crippen molar-refractivity contribution < 1.29 is 4.52 Å². The van der Waals surface area contributed by atoms with Gasteiger partial charge in [0.25, 0.3) is 5.56 Å². The summed E-state index contributed by atoms with van der Waals surface area (Å²) < 4.78 is 7.02. The van der Waals surface area contributed by atoms with Gasteiger partial charge in [0.2, 0.25) is 5.89 Å². The number of hydrogen-bond acceptors (Lipinski definition) is 7. The van der Waals surface area contributed by atoms with E-state index in [0.717, 1.165) is 37.7 Å². The van der Waals surface area contributed by atoms with Crippen LogP contribution < -0.4 is 5.56 Å². The van der Waals surface area contributed by atoms with Gasteiger partial charge in [-0.3, -0.25) is 19.0 Å². The second-order valence-electron chi connectivity index (χ2n) is 7.65. The van der Waals surface area contributed by atoms with Crippen LogP contribution >= 0.6 is 0 Å². The Bertz CT molecular complexity index is 1000. The second kappa shape index (κ2) is 7.81. The molecule has 1 aliphatic heterocycles. The Kier molecular flexibility index (Phi) is 5.23. The lowest BCUT2D eigenvalue weighted by atomic mass is 10.2. The molecule has 0 amide bonds. The maximum absolute atomic E-state index is 12.3. The number of aromatic nitrogens is 4. The first-order chi connectivity index (χ1) is 13.5. The fourth-order valence-electron chi connectivity index (χ4n) is 3.53. The van der Waals surface area contributed by atoms with E-state index in [0.29, 0.717) is 18.1 Å². The van der Waals surface area contributed by atoms with Gasteiger partial charge in [0.1, 0.15) is 5.65 Å². The minimum atomic E-state index is -0.0368. The molecule has 4 heterocycles. The zero-order chi connectivity index (χ0) is 19.7. The Balaban J connectivity index is 1.38. The third kappa shape index (κ3) is 3.83. The van der Waals surface area contributed by atoms with Crippen LogP contribution in [0.3, 0.4) is 0 Å². The molecular formula is C20H26N6O2. The SMILES string of the molecule is CC(C)c1noc([C@H](C)N2CCN(Cc3cc(=O)n4ccccc4n3)CC2)n1. The number of nitrogens with zero attached hydrogens (tertiary/aromatic N) is 6. The van der Waals surface area contributed by atoms with E-state index in [9.17, 15) is 4.79 Å². The van der Waals surface area contributed by atoms with Crippen LogP contribution in [-0.4, -0.2) is 55.5 Å². The zero-order valence-corrected chi connectivity index (χ0v) is 16.6. The number of pyridine rings is 1. The second-order valence-corrected chi connectivity index (χ2v) is 7.65. The van der Waals surface area contributed by atoms with Crippen molar-refractivity contribution in [3.8, 4) is 0 Å². The van der Waals surface area contributed by atoms with Crippen molar-refractivity contribution in [3.63, 3.8) is 0 Å². The van der Waals surface area contributed by atoms with Crippen LogP contribution in [0.15, 0.2) is 39.8 Å². The lowest BCUT2D eigenvalue weighted by Gasteiger charge is -2.36. The molecule has 0 bridgehead atoms. The summed E-state index contributed by atoms with van der Waals surface area (Å²) in [5.41, 5.74) is 1.47. The van der Waals surface area contributed by atoms with Crippen LogP contribution in [0.25, 0.3) is 5.65 Å². The predicted molar refractivity (Wildman–Crippen MR) is 105 cm³/mol. The molecule has 148 valence electrons. The van der Waals surface area contributed by atoms with Crippen molar-refractivity contribution in [1.29, 1.82) is 0 Å². The monoisotopic (exact) mass is 382 g/mol. The molecule has 1 atom stereocenters. The fraction of sp³-hybridized carbons (Fsp3) is 0.500. The van der Waals surface area contributed by atoms with Gasteiger partial charge >= 0.3 is 0 Å². The molecule has 0 N–H and O–H groups in total. The topological polar surface area (TPSA) is 79.8 Å². The summed E-state index contributed by atoms with van der Waals surface area (Å²) in [4.78, 5) is 26.1. The van der Waals surface area contributed by atoms with Crippen LogP contribution in [0.4, 0.5) is 0 Å². The van der Waals surface area contributed by atoms with Crippen molar-refractivity contribution in [1.82, 2.24) is 29.3 Å². The van der Waals surface area contributed by atoms with Crippen molar-refractivity contribution in [2.75, 3.05) is 26.2 Å². The summed E-state index contributed by atoms with van der Waals surface area (Å²) in [5.74, 6) is 1.70. The van der Waals surface area contributed by atoms with Crippen LogP contribution in [0.2, 0.25) is 0 Å². The minimum Gasteiger partial charge on any atom is -0.338 e. The molecule has 4 rings (SSSR count). The molecular weight excluding hydrogens is 356 g/mol. The highest BCUT2D eigenvalue weighted by atomic mass is 16.5. The van der Waals surface area contributed by atoms with Crippen LogP contribution in [0.1, 0.15) is 50.1 Å². The van der Waals surface area contributed by atoms with E-state index in [-0.39, 0.29) is 17.5 Å². The van der Waals surface area contributed by atoms with Crippen molar-refractivity contribution in [2.24, 2.45) is 0 Å². The number of hydrogen-bond donors (Lipinski definition) is 0. The zero-order valence-electron chi connectivity index (χ0n) is 16.6. The lowest BCUT2D eigenvalue weighted by molar-refractivity contribution is 0.0839. The third-order valence-corrected chi connectivity index (χ3v) is 5.30. The molecule has 1 aliphatic rings. The van der Waals surface area contributed by atoms with Crippen LogP contribution in [-0.2, 0) is 6.54 Å². The molecule has 1 fully saturated rings. The summed E-state index contributed by atoms with van der Waals surface area (Å²) in [6.07, 6.45) is 1.75. The van der Waals surface area contributed by atoms with Gasteiger partial charge in [-0.25, -0.2) is 4.98 Å². The number of piperazine rings is 1. The Morgan fingerprint density at radius 1 is 1.11 bits per heavy atom. The first-order valence-electron chi connectivity index (χ1n) is 9.78. The normalized spacial score (nSPS) is 17.4. The van der Waals surface area contributed by atoms with Gasteiger partial charge in [0.05, 0.1) is 11.7 Å². The average molecular weight is 382 g/mol. The summed E-state index contributed by atoms with van der Waals surface area (Å²) >= 11 is 0. The standard InChI is InChI=1S/C20H26N6O2/c1-14(2)19-22-20(28-23-19)15(3)25-10-8-24(9-11-25)13-16-12-18(27)26-7-5-4-6-17(26)21-16/h4-7,12,14-15H,8-11,13H2,1-3H3/t15-/m0/s1. The summed E-state index contributed by atoms with van der Waals surface area (Å²) in [6, 6.07) is 7.33. The van der Waals surface area contributed by atoms with E-state index in [1.165, 1.54) is 0 Å². The highest BCUT2D eigenvalue weighted by molar-refractivity contribution is 5.37. The Hall–Kier alpha value is -2.58. The van der Waals surface area contributed by atoms with Crippen molar-refractivity contribution in [2.45, 2.75) is 39.3 Å². The van der Waals surface area contributed by atoms with Gasteiger partial charge in [0, 0.05) is 50.9 Å². The molecule has 3 aromatic heterocycles. The lowest BCUT2D eigenvalue weighted by Crippen LogP contribution is -2.46. The third-order valence-electron chi connectivity index (χ3n) is 5.30. The number of rotatable bonds is 5. The van der Waals surface area contributed by atoms with E-state index >= 15 is 0 Å². The molecule has 8 heteroatoms. The van der Waals surface area contributed by atoms with E-state index in [1.54, 1.807) is 16.7 Å².